The highest BCUT2D eigenvalue weighted by Crippen LogP contribution is 2.37. The van der Waals surface area contributed by atoms with E-state index < -0.39 is 0 Å². The summed E-state index contributed by atoms with van der Waals surface area (Å²) in [5.74, 6) is 3.14. The van der Waals surface area contributed by atoms with Gasteiger partial charge >= 0.3 is 0 Å². The second-order valence-electron chi connectivity index (χ2n) is 8.77. The number of hydrogen-bond donors (Lipinski definition) is 0. The number of hydrogen-bond acceptors (Lipinski definition) is 5. The molecular weight excluding hydrogens is 346 g/mol. The smallest absolute Gasteiger partial charge is 0.148 e. The van der Waals surface area contributed by atoms with E-state index in [1.54, 1.807) is 0 Å². The third-order valence-corrected chi connectivity index (χ3v) is 6.54. The molecule has 148 valence electrons. The molecule has 0 N–H and O–H groups in total. The van der Waals surface area contributed by atoms with Crippen molar-refractivity contribution in [3.05, 3.63) is 47.2 Å². The lowest BCUT2D eigenvalue weighted by molar-refractivity contribution is 0.135. The van der Waals surface area contributed by atoms with Gasteiger partial charge in [0.1, 0.15) is 11.6 Å². The van der Waals surface area contributed by atoms with Crippen LogP contribution in [0.25, 0.3) is 0 Å². The molecule has 28 heavy (non-hydrogen) atoms. The molecule has 5 nitrogen and oxygen atoms in total. The van der Waals surface area contributed by atoms with Gasteiger partial charge in [-0.2, -0.15) is 0 Å². The summed E-state index contributed by atoms with van der Waals surface area (Å²) in [6.45, 7) is 6.51. The first-order chi connectivity index (χ1) is 13.8. The minimum Gasteiger partial charge on any atom is -0.350 e. The fraction of sp³-hybridized carbons (Fsp3) is 0.609. The van der Waals surface area contributed by atoms with Gasteiger partial charge in [0.15, 0.2) is 0 Å². The van der Waals surface area contributed by atoms with Gasteiger partial charge in [-0.3, -0.25) is 9.88 Å². The molecule has 5 rings (SSSR count). The third kappa shape index (κ3) is 3.77. The van der Waals surface area contributed by atoms with Gasteiger partial charge in [0.25, 0.3) is 0 Å². The summed E-state index contributed by atoms with van der Waals surface area (Å²) in [6, 6.07) is 6.57. The summed E-state index contributed by atoms with van der Waals surface area (Å²) in [4.78, 5) is 19.9. The average Bonchev–Trinajstić information content (AvgIpc) is 3.54. The number of anilines is 1. The first kappa shape index (κ1) is 18.0. The van der Waals surface area contributed by atoms with Gasteiger partial charge in [0.05, 0.1) is 18.3 Å². The van der Waals surface area contributed by atoms with Crippen LogP contribution in [-0.2, 0) is 13.0 Å². The van der Waals surface area contributed by atoms with E-state index >= 15 is 0 Å². The van der Waals surface area contributed by atoms with Gasteiger partial charge < -0.3 is 4.90 Å². The first-order valence-electron chi connectivity index (χ1n) is 11.0. The predicted octanol–water partition coefficient (Wildman–Crippen LogP) is 4.07. The monoisotopic (exact) mass is 377 g/mol. The Balaban J connectivity index is 1.45. The number of rotatable bonds is 5. The molecule has 0 radical (unpaired) electrons. The van der Waals surface area contributed by atoms with E-state index in [0.29, 0.717) is 6.04 Å². The van der Waals surface area contributed by atoms with Crippen LogP contribution in [0, 0.1) is 12.8 Å². The summed E-state index contributed by atoms with van der Waals surface area (Å²) in [7, 11) is 0. The molecular formula is C23H31N5. The first-order valence-corrected chi connectivity index (χ1v) is 11.0. The number of likely N-dealkylation sites (tertiary alicyclic amines) is 1. The summed E-state index contributed by atoms with van der Waals surface area (Å²) < 4.78 is 0. The Morgan fingerprint density at radius 1 is 1.04 bits per heavy atom. The Hall–Kier alpha value is -2.01. The van der Waals surface area contributed by atoms with Crippen LogP contribution in [0.15, 0.2) is 24.4 Å². The number of aromatic nitrogens is 3. The highest BCUT2D eigenvalue weighted by molar-refractivity contribution is 5.51. The van der Waals surface area contributed by atoms with Crippen LogP contribution in [0.3, 0.4) is 0 Å². The molecule has 1 saturated carbocycles. The lowest BCUT2D eigenvalue weighted by atomic mass is 9.99. The van der Waals surface area contributed by atoms with Crippen molar-refractivity contribution in [1.82, 2.24) is 19.9 Å². The minimum atomic E-state index is 0.400. The molecule has 3 aliphatic rings. The number of pyridine rings is 1. The molecule has 2 aromatic rings. The maximum atomic E-state index is 5.20. The Morgan fingerprint density at radius 3 is 2.79 bits per heavy atom. The van der Waals surface area contributed by atoms with Crippen molar-refractivity contribution in [3.63, 3.8) is 0 Å². The Bertz CT molecular complexity index is 817. The molecule has 0 unspecified atom stereocenters. The van der Waals surface area contributed by atoms with Gasteiger partial charge in [-0.05, 0) is 70.0 Å². The minimum absolute atomic E-state index is 0.400. The van der Waals surface area contributed by atoms with Crippen LogP contribution in [-0.4, -0.2) is 39.5 Å². The number of piperidine rings is 1. The zero-order valence-electron chi connectivity index (χ0n) is 17.0. The lowest BCUT2D eigenvalue weighted by Crippen LogP contribution is -2.37. The van der Waals surface area contributed by atoms with Gasteiger partial charge in [-0.1, -0.05) is 12.5 Å². The van der Waals surface area contributed by atoms with Crippen molar-refractivity contribution >= 4 is 5.82 Å². The molecule has 4 heterocycles. The number of fused-ring (bicyclic) bond motifs is 1. The Morgan fingerprint density at radius 2 is 1.96 bits per heavy atom. The normalized spacial score (nSPS) is 22.9. The second-order valence-corrected chi connectivity index (χ2v) is 8.77. The highest BCUT2D eigenvalue weighted by Gasteiger charge is 2.33. The molecule has 0 amide bonds. The van der Waals surface area contributed by atoms with Crippen molar-refractivity contribution in [2.75, 3.05) is 24.5 Å². The van der Waals surface area contributed by atoms with Crippen molar-refractivity contribution in [3.8, 4) is 0 Å². The Kier molecular flexibility index (Phi) is 5.02. The molecule has 2 aliphatic heterocycles. The van der Waals surface area contributed by atoms with Gasteiger partial charge in [-0.25, -0.2) is 9.97 Å². The molecule has 2 aromatic heterocycles. The SMILES string of the molecule is Cc1nc([C@@H]2CCCCN2CC2CC2)nc2c1CCCN2Cc1ccccn1. The molecule has 1 saturated heterocycles. The predicted molar refractivity (Wildman–Crippen MR) is 111 cm³/mol. The zero-order chi connectivity index (χ0) is 18.9. The van der Waals surface area contributed by atoms with Crippen LogP contribution in [0.5, 0.6) is 0 Å². The van der Waals surface area contributed by atoms with Crippen molar-refractivity contribution in [2.24, 2.45) is 5.92 Å². The van der Waals surface area contributed by atoms with Crippen molar-refractivity contribution < 1.29 is 0 Å². The summed E-state index contributed by atoms with van der Waals surface area (Å²) >= 11 is 0. The highest BCUT2D eigenvalue weighted by atomic mass is 15.2. The fourth-order valence-corrected chi connectivity index (χ4v) is 4.83. The van der Waals surface area contributed by atoms with Crippen LogP contribution in [0.1, 0.15) is 67.3 Å². The van der Waals surface area contributed by atoms with Crippen molar-refractivity contribution in [2.45, 2.75) is 64.5 Å². The maximum absolute atomic E-state index is 5.20. The molecule has 0 spiro atoms. The van der Waals surface area contributed by atoms with Crippen molar-refractivity contribution in [1.29, 1.82) is 0 Å². The quantitative estimate of drug-likeness (QED) is 0.786. The van der Waals surface area contributed by atoms with Crippen LogP contribution in [0.4, 0.5) is 5.82 Å². The van der Waals surface area contributed by atoms with E-state index in [-0.39, 0.29) is 0 Å². The second kappa shape index (κ2) is 7.78. The summed E-state index contributed by atoms with van der Waals surface area (Å²) in [5.41, 5.74) is 3.64. The lowest BCUT2D eigenvalue weighted by Gasteiger charge is -2.36. The van der Waals surface area contributed by atoms with E-state index in [4.69, 9.17) is 9.97 Å². The summed E-state index contributed by atoms with van der Waals surface area (Å²) in [5, 5.41) is 0. The van der Waals surface area contributed by atoms with Crippen LogP contribution < -0.4 is 4.90 Å². The number of aryl methyl sites for hydroxylation is 1. The largest absolute Gasteiger partial charge is 0.350 e. The molecule has 5 heteroatoms. The zero-order valence-corrected chi connectivity index (χ0v) is 17.0. The van der Waals surface area contributed by atoms with Gasteiger partial charge in [-0.15, -0.1) is 0 Å². The van der Waals surface area contributed by atoms with E-state index in [1.165, 1.54) is 62.9 Å². The van der Waals surface area contributed by atoms with E-state index in [0.717, 1.165) is 42.8 Å². The summed E-state index contributed by atoms with van der Waals surface area (Å²) in [6.07, 6.45) is 10.8. The average molecular weight is 378 g/mol. The van der Waals surface area contributed by atoms with E-state index in [9.17, 15) is 0 Å². The molecule has 2 fully saturated rings. The molecule has 1 atom stereocenters. The topological polar surface area (TPSA) is 45.2 Å². The number of nitrogens with zero attached hydrogens (tertiary/aromatic N) is 5. The molecule has 1 aliphatic carbocycles. The van der Waals surface area contributed by atoms with E-state index in [2.05, 4.69) is 33.8 Å². The van der Waals surface area contributed by atoms with Crippen LogP contribution in [0.2, 0.25) is 0 Å². The van der Waals surface area contributed by atoms with Gasteiger partial charge in [0, 0.05) is 30.5 Å². The van der Waals surface area contributed by atoms with E-state index in [1.807, 2.05) is 12.3 Å². The maximum Gasteiger partial charge on any atom is 0.148 e. The third-order valence-electron chi connectivity index (χ3n) is 6.54. The Labute approximate surface area is 168 Å². The fourth-order valence-electron chi connectivity index (χ4n) is 4.83. The van der Waals surface area contributed by atoms with Crippen LogP contribution >= 0.6 is 0 Å². The standard InChI is InChI=1S/C23H31N5/c1-17-20-8-6-14-28(16-19-7-2-4-12-24-19)23(20)26-22(25-17)21-9-3-5-13-27(21)15-18-10-11-18/h2,4,7,12,18,21H,3,5-6,8-11,13-16H2,1H3/t21-/m0/s1. The molecule has 0 bridgehead atoms. The van der Waals surface area contributed by atoms with Gasteiger partial charge in [0.2, 0.25) is 0 Å². The molecule has 0 aromatic carbocycles.